The first-order valence-corrected chi connectivity index (χ1v) is 6.89. The van der Waals surface area contributed by atoms with Crippen LogP contribution in [-0.2, 0) is 11.2 Å². The zero-order valence-corrected chi connectivity index (χ0v) is 11.4. The van der Waals surface area contributed by atoms with E-state index in [1.807, 2.05) is 12.1 Å². The molecule has 3 N–H and O–H groups in total. The van der Waals surface area contributed by atoms with Crippen LogP contribution in [0.3, 0.4) is 0 Å². The predicted molar refractivity (Wildman–Crippen MR) is 74.3 cm³/mol. The molecule has 0 radical (unpaired) electrons. The third-order valence-corrected chi connectivity index (χ3v) is 3.68. The van der Waals surface area contributed by atoms with Crippen molar-refractivity contribution in [3.8, 4) is 5.75 Å². The maximum Gasteiger partial charge on any atom is 0.115 e. The van der Waals surface area contributed by atoms with Gasteiger partial charge >= 0.3 is 0 Å². The Hall–Kier alpha value is -1.10. The highest BCUT2D eigenvalue weighted by Crippen LogP contribution is 2.19. The van der Waals surface area contributed by atoms with Gasteiger partial charge in [-0.15, -0.1) is 0 Å². The third-order valence-electron chi connectivity index (χ3n) is 3.68. The van der Waals surface area contributed by atoms with Crippen molar-refractivity contribution in [1.82, 2.24) is 5.32 Å². The second-order valence-electron chi connectivity index (χ2n) is 5.49. The van der Waals surface area contributed by atoms with E-state index in [2.05, 4.69) is 12.2 Å². The Morgan fingerprint density at radius 1 is 1.26 bits per heavy atom. The van der Waals surface area contributed by atoms with Crippen LogP contribution < -0.4 is 5.32 Å². The van der Waals surface area contributed by atoms with Crippen LogP contribution in [0.25, 0.3) is 0 Å². The molecule has 0 spiro atoms. The van der Waals surface area contributed by atoms with E-state index < -0.39 is 5.60 Å². The number of rotatable bonds is 5. The van der Waals surface area contributed by atoms with Gasteiger partial charge in [0.25, 0.3) is 0 Å². The van der Waals surface area contributed by atoms with Crippen molar-refractivity contribution in [3.63, 3.8) is 0 Å². The van der Waals surface area contributed by atoms with Gasteiger partial charge in [0, 0.05) is 38.6 Å². The molecular weight excluding hydrogens is 242 g/mol. The number of ether oxygens (including phenoxy) is 1. The number of aliphatic hydroxyl groups is 1. The van der Waals surface area contributed by atoms with Crippen LogP contribution in [0, 0.1) is 0 Å². The third kappa shape index (κ3) is 4.49. The van der Waals surface area contributed by atoms with Crippen LogP contribution >= 0.6 is 0 Å². The summed E-state index contributed by atoms with van der Waals surface area (Å²) in [4.78, 5) is 0. The van der Waals surface area contributed by atoms with Gasteiger partial charge < -0.3 is 20.3 Å². The second-order valence-corrected chi connectivity index (χ2v) is 5.49. The van der Waals surface area contributed by atoms with Gasteiger partial charge in [0.15, 0.2) is 0 Å². The van der Waals surface area contributed by atoms with Crippen LogP contribution in [0.5, 0.6) is 5.75 Å². The molecule has 1 atom stereocenters. The lowest BCUT2D eigenvalue weighted by atomic mass is 9.94. The molecule has 19 heavy (non-hydrogen) atoms. The Balaban J connectivity index is 1.77. The summed E-state index contributed by atoms with van der Waals surface area (Å²) in [5.41, 5.74) is 0.554. The number of benzene rings is 1. The second kappa shape index (κ2) is 6.37. The lowest BCUT2D eigenvalue weighted by molar-refractivity contribution is -0.0625. The SMILES string of the molecule is CC(Cc1ccc(O)cc1)NCC1(O)CCOCC1. The fraction of sp³-hybridized carbons (Fsp3) is 0.600. The van der Waals surface area contributed by atoms with Crippen LogP contribution in [-0.4, -0.2) is 41.6 Å². The van der Waals surface area contributed by atoms with Gasteiger partial charge in [-0.25, -0.2) is 0 Å². The van der Waals surface area contributed by atoms with Gasteiger partial charge in [-0.2, -0.15) is 0 Å². The number of hydrogen-bond acceptors (Lipinski definition) is 4. The monoisotopic (exact) mass is 265 g/mol. The molecule has 1 fully saturated rings. The zero-order chi connectivity index (χ0) is 13.7. The highest BCUT2D eigenvalue weighted by Gasteiger charge is 2.29. The fourth-order valence-electron chi connectivity index (χ4n) is 2.35. The summed E-state index contributed by atoms with van der Waals surface area (Å²) in [5.74, 6) is 0.292. The van der Waals surface area contributed by atoms with Crippen molar-refractivity contribution in [3.05, 3.63) is 29.8 Å². The number of phenolic OH excluding ortho intramolecular Hbond substituents is 1. The minimum atomic E-state index is -0.624. The molecule has 106 valence electrons. The van der Waals surface area contributed by atoms with Crippen molar-refractivity contribution < 1.29 is 14.9 Å². The van der Waals surface area contributed by atoms with Gasteiger partial charge in [0.2, 0.25) is 0 Å². The lowest BCUT2D eigenvalue weighted by Gasteiger charge is -2.33. The Morgan fingerprint density at radius 2 is 1.89 bits per heavy atom. The molecule has 0 aromatic heterocycles. The maximum absolute atomic E-state index is 10.3. The summed E-state index contributed by atoms with van der Waals surface area (Å²) in [5, 5.41) is 23.0. The first-order valence-electron chi connectivity index (χ1n) is 6.89. The highest BCUT2D eigenvalue weighted by molar-refractivity contribution is 5.26. The molecule has 1 saturated heterocycles. The zero-order valence-electron chi connectivity index (χ0n) is 11.4. The topological polar surface area (TPSA) is 61.7 Å². The average molecular weight is 265 g/mol. The number of phenols is 1. The van der Waals surface area contributed by atoms with Crippen molar-refractivity contribution in [2.75, 3.05) is 19.8 Å². The Labute approximate surface area is 114 Å². The molecule has 0 aliphatic carbocycles. The molecule has 4 heteroatoms. The standard InChI is InChI=1S/C15H23NO3/c1-12(10-13-2-4-14(17)5-3-13)16-11-15(18)6-8-19-9-7-15/h2-5,12,16-18H,6-11H2,1H3. The number of aromatic hydroxyl groups is 1. The van der Waals surface area contributed by atoms with E-state index in [4.69, 9.17) is 4.74 Å². The summed E-state index contributed by atoms with van der Waals surface area (Å²) in [7, 11) is 0. The van der Waals surface area contributed by atoms with E-state index in [9.17, 15) is 10.2 Å². The van der Waals surface area contributed by atoms with Crippen LogP contribution in [0.1, 0.15) is 25.3 Å². The largest absolute Gasteiger partial charge is 0.508 e. The number of hydrogen-bond donors (Lipinski definition) is 3. The molecule has 1 aromatic carbocycles. The average Bonchev–Trinajstić information content (AvgIpc) is 2.40. The maximum atomic E-state index is 10.3. The smallest absolute Gasteiger partial charge is 0.115 e. The molecule has 4 nitrogen and oxygen atoms in total. The molecule has 2 rings (SSSR count). The van der Waals surface area contributed by atoms with E-state index >= 15 is 0 Å². The minimum Gasteiger partial charge on any atom is -0.508 e. The summed E-state index contributed by atoms with van der Waals surface area (Å²) >= 11 is 0. The Kier molecular flexibility index (Phi) is 4.80. The van der Waals surface area contributed by atoms with Gasteiger partial charge in [0.1, 0.15) is 5.75 Å². The Morgan fingerprint density at radius 3 is 2.53 bits per heavy atom. The molecule has 0 bridgehead atoms. The van der Waals surface area contributed by atoms with Gasteiger partial charge in [0.05, 0.1) is 5.60 Å². The van der Waals surface area contributed by atoms with Crippen molar-refractivity contribution in [1.29, 1.82) is 0 Å². The van der Waals surface area contributed by atoms with Gasteiger partial charge in [-0.3, -0.25) is 0 Å². The lowest BCUT2D eigenvalue weighted by Crippen LogP contribution is -2.47. The fourth-order valence-corrected chi connectivity index (χ4v) is 2.35. The quantitative estimate of drug-likeness (QED) is 0.754. The van der Waals surface area contributed by atoms with Crippen LogP contribution in [0.15, 0.2) is 24.3 Å². The first-order chi connectivity index (χ1) is 9.07. The number of nitrogens with one attached hydrogen (secondary N) is 1. The van der Waals surface area contributed by atoms with Crippen molar-refractivity contribution >= 4 is 0 Å². The summed E-state index contributed by atoms with van der Waals surface area (Å²) < 4.78 is 5.27. The molecule has 1 aromatic rings. The van der Waals surface area contributed by atoms with Crippen molar-refractivity contribution in [2.24, 2.45) is 0 Å². The molecule has 1 aliphatic heterocycles. The van der Waals surface area contributed by atoms with E-state index in [1.165, 1.54) is 5.56 Å². The van der Waals surface area contributed by atoms with Gasteiger partial charge in [-0.1, -0.05) is 12.1 Å². The van der Waals surface area contributed by atoms with E-state index in [0.717, 1.165) is 6.42 Å². The molecular formula is C15H23NO3. The Bertz CT molecular complexity index is 385. The van der Waals surface area contributed by atoms with E-state index in [1.54, 1.807) is 12.1 Å². The van der Waals surface area contributed by atoms with Crippen LogP contribution in [0.4, 0.5) is 0 Å². The molecule has 1 aliphatic rings. The summed E-state index contributed by atoms with van der Waals surface area (Å²) in [6.45, 7) is 4.00. The first kappa shape index (κ1) is 14.3. The van der Waals surface area contributed by atoms with E-state index in [0.29, 0.717) is 38.3 Å². The normalized spacial score (nSPS) is 20.1. The molecule has 0 saturated carbocycles. The van der Waals surface area contributed by atoms with E-state index in [-0.39, 0.29) is 6.04 Å². The molecule has 1 heterocycles. The summed E-state index contributed by atoms with van der Waals surface area (Å²) in [6.07, 6.45) is 2.28. The highest BCUT2D eigenvalue weighted by atomic mass is 16.5. The van der Waals surface area contributed by atoms with Crippen LogP contribution in [0.2, 0.25) is 0 Å². The summed E-state index contributed by atoms with van der Waals surface area (Å²) in [6, 6.07) is 7.55. The van der Waals surface area contributed by atoms with Gasteiger partial charge in [-0.05, 0) is 31.0 Å². The molecule has 1 unspecified atom stereocenters. The molecule has 0 amide bonds. The minimum absolute atomic E-state index is 0.288. The van der Waals surface area contributed by atoms with Crippen molar-refractivity contribution in [2.45, 2.75) is 37.8 Å². The predicted octanol–water partition coefficient (Wildman–Crippen LogP) is 1.45.